The molecule has 0 spiro atoms. The van der Waals surface area contributed by atoms with Crippen LogP contribution in [0.1, 0.15) is 226 Å². The molecule has 9 heteroatoms. The SMILES string of the molecule is CCCCCCCCCCCC/C=C/CC/C=C/C(O)C(COP(=O)(O)OCC[N+](C)(C)C)NC(=O)CCCCCCCCCCCCCCCCCCCCC. The quantitative estimate of drug-likeness (QED) is 0.0244. The monoisotopic (exact) mass is 828 g/mol. The van der Waals surface area contributed by atoms with Crippen molar-refractivity contribution in [3.63, 3.8) is 0 Å². The molecular weight excluding hydrogens is 732 g/mol. The molecular formula is C48H96N2O6P+. The van der Waals surface area contributed by atoms with Crippen LogP contribution in [0.5, 0.6) is 0 Å². The Morgan fingerprint density at radius 3 is 1.40 bits per heavy atom. The number of rotatable bonds is 44. The first-order chi connectivity index (χ1) is 27.5. The van der Waals surface area contributed by atoms with Gasteiger partial charge in [-0.25, -0.2) is 4.57 Å². The zero-order chi connectivity index (χ0) is 42.1. The lowest BCUT2D eigenvalue weighted by Crippen LogP contribution is -2.45. The molecule has 0 aromatic rings. The van der Waals surface area contributed by atoms with Crippen LogP contribution in [0.2, 0.25) is 0 Å². The Morgan fingerprint density at radius 1 is 0.579 bits per heavy atom. The lowest BCUT2D eigenvalue weighted by atomic mass is 10.0. The van der Waals surface area contributed by atoms with Gasteiger partial charge >= 0.3 is 7.82 Å². The van der Waals surface area contributed by atoms with E-state index in [9.17, 15) is 19.4 Å². The standard InChI is InChI=1S/C48H95N2O6P/c1-6-8-10-12-14-16-18-20-22-24-25-26-28-30-32-34-36-38-40-42-48(52)49-46(45-56-57(53,54)55-44-43-50(3,4)5)47(51)41-39-37-35-33-31-29-27-23-21-19-17-15-13-11-9-7-2/h31,33,39,41,46-47,51H,6-30,32,34-38,40,42-45H2,1-5H3,(H-,49,52,53,54)/p+1/b33-31+,41-39+. The van der Waals surface area contributed by atoms with Crippen LogP contribution in [0.15, 0.2) is 24.3 Å². The van der Waals surface area contributed by atoms with Crippen molar-refractivity contribution in [3.05, 3.63) is 24.3 Å². The fourth-order valence-corrected chi connectivity index (χ4v) is 7.79. The average Bonchev–Trinajstić information content (AvgIpc) is 3.16. The van der Waals surface area contributed by atoms with Gasteiger partial charge in [-0.15, -0.1) is 0 Å². The summed E-state index contributed by atoms with van der Waals surface area (Å²) in [6, 6.07) is -0.858. The Kier molecular flexibility index (Phi) is 39.7. The van der Waals surface area contributed by atoms with Gasteiger partial charge in [-0.05, 0) is 32.1 Å². The van der Waals surface area contributed by atoms with E-state index in [4.69, 9.17) is 9.05 Å². The maximum atomic E-state index is 12.9. The molecule has 0 aliphatic rings. The molecule has 0 aromatic heterocycles. The molecule has 8 nitrogen and oxygen atoms in total. The number of amides is 1. The molecule has 0 aliphatic heterocycles. The number of hydrogen-bond acceptors (Lipinski definition) is 5. The Hall–Kier alpha value is -1.02. The number of quaternary nitrogens is 1. The molecule has 338 valence electrons. The molecule has 3 atom stereocenters. The van der Waals surface area contributed by atoms with Gasteiger partial charge in [-0.2, -0.15) is 0 Å². The summed E-state index contributed by atoms with van der Waals surface area (Å²) in [4.78, 5) is 23.2. The predicted octanol–water partition coefficient (Wildman–Crippen LogP) is 13.7. The second-order valence-corrected chi connectivity index (χ2v) is 19.3. The highest BCUT2D eigenvalue weighted by Gasteiger charge is 2.27. The Labute approximate surface area is 354 Å². The van der Waals surface area contributed by atoms with Gasteiger partial charge in [0.2, 0.25) is 5.91 Å². The number of nitrogens with one attached hydrogen (secondary N) is 1. The minimum atomic E-state index is -4.34. The van der Waals surface area contributed by atoms with Crippen molar-refractivity contribution in [2.24, 2.45) is 0 Å². The number of likely N-dealkylation sites (N-methyl/N-ethyl adjacent to an activating group) is 1. The first-order valence-corrected chi connectivity index (χ1v) is 25.7. The molecule has 57 heavy (non-hydrogen) atoms. The van der Waals surface area contributed by atoms with Gasteiger partial charge in [0.25, 0.3) is 0 Å². The molecule has 0 bridgehead atoms. The van der Waals surface area contributed by atoms with Gasteiger partial charge in [0, 0.05) is 6.42 Å². The normalized spacial score (nSPS) is 14.4. The fraction of sp³-hybridized carbons (Fsp3) is 0.896. The number of nitrogens with zero attached hydrogens (tertiary/aromatic N) is 1. The minimum Gasteiger partial charge on any atom is -0.387 e. The minimum absolute atomic E-state index is 0.0584. The number of unbranched alkanes of at least 4 members (excludes halogenated alkanes) is 29. The molecule has 0 saturated carbocycles. The van der Waals surface area contributed by atoms with E-state index in [0.29, 0.717) is 17.4 Å². The van der Waals surface area contributed by atoms with Crippen LogP contribution in [0.3, 0.4) is 0 Å². The van der Waals surface area contributed by atoms with Crippen LogP contribution in [0.4, 0.5) is 0 Å². The Balaban J connectivity index is 4.37. The second kappa shape index (κ2) is 40.4. The maximum absolute atomic E-state index is 12.9. The molecule has 0 aromatic carbocycles. The molecule has 0 fully saturated rings. The molecule has 0 radical (unpaired) electrons. The van der Waals surface area contributed by atoms with E-state index < -0.39 is 20.0 Å². The van der Waals surface area contributed by atoms with E-state index in [1.165, 1.54) is 167 Å². The number of aliphatic hydroxyl groups excluding tert-OH is 1. The van der Waals surface area contributed by atoms with Crippen molar-refractivity contribution in [2.75, 3.05) is 40.9 Å². The maximum Gasteiger partial charge on any atom is 0.472 e. The van der Waals surface area contributed by atoms with E-state index in [1.807, 2.05) is 27.2 Å². The molecule has 0 saturated heterocycles. The third kappa shape index (κ3) is 42.9. The highest BCUT2D eigenvalue weighted by molar-refractivity contribution is 7.47. The topological polar surface area (TPSA) is 105 Å². The lowest BCUT2D eigenvalue weighted by Gasteiger charge is -2.25. The second-order valence-electron chi connectivity index (χ2n) is 17.8. The van der Waals surface area contributed by atoms with Gasteiger partial charge in [-0.1, -0.05) is 212 Å². The van der Waals surface area contributed by atoms with Crippen LogP contribution >= 0.6 is 7.82 Å². The number of phosphoric ester groups is 1. The van der Waals surface area contributed by atoms with Gasteiger partial charge in [0.1, 0.15) is 13.2 Å². The first-order valence-electron chi connectivity index (χ1n) is 24.2. The summed E-state index contributed by atoms with van der Waals surface area (Å²) in [6.07, 6.45) is 48.2. The number of carbonyl (C=O) groups is 1. The number of hydrogen-bond donors (Lipinski definition) is 3. The number of phosphoric acid groups is 1. The summed E-state index contributed by atoms with van der Waals surface area (Å²) in [6.45, 7) is 4.81. The molecule has 1 amide bonds. The largest absolute Gasteiger partial charge is 0.472 e. The third-order valence-corrected chi connectivity index (χ3v) is 11.9. The van der Waals surface area contributed by atoms with Crippen LogP contribution in [-0.2, 0) is 18.4 Å². The first kappa shape index (κ1) is 56.0. The summed E-state index contributed by atoms with van der Waals surface area (Å²) in [7, 11) is 1.56. The van der Waals surface area contributed by atoms with E-state index >= 15 is 0 Å². The van der Waals surface area contributed by atoms with Gasteiger partial charge in [-0.3, -0.25) is 13.8 Å². The molecule has 0 rings (SSSR count). The van der Waals surface area contributed by atoms with E-state index in [0.717, 1.165) is 38.5 Å². The Morgan fingerprint density at radius 2 is 0.965 bits per heavy atom. The van der Waals surface area contributed by atoms with Crippen molar-refractivity contribution in [3.8, 4) is 0 Å². The third-order valence-electron chi connectivity index (χ3n) is 10.9. The predicted molar refractivity (Wildman–Crippen MR) is 245 cm³/mol. The average molecular weight is 828 g/mol. The van der Waals surface area contributed by atoms with E-state index in [-0.39, 0.29) is 19.1 Å². The highest BCUT2D eigenvalue weighted by atomic mass is 31.2. The van der Waals surface area contributed by atoms with Crippen molar-refractivity contribution in [1.29, 1.82) is 0 Å². The fourth-order valence-electron chi connectivity index (χ4n) is 7.06. The summed E-state index contributed by atoms with van der Waals surface area (Å²) in [5.41, 5.74) is 0. The summed E-state index contributed by atoms with van der Waals surface area (Å²) < 4.78 is 23.6. The summed E-state index contributed by atoms with van der Waals surface area (Å²) in [5, 5.41) is 13.8. The van der Waals surface area contributed by atoms with Gasteiger partial charge < -0.3 is 19.8 Å². The number of allylic oxidation sites excluding steroid dienone is 3. The molecule has 0 heterocycles. The van der Waals surface area contributed by atoms with Crippen LogP contribution < -0.4 is 5.32 Å². The van der Waals surface area contributed by atoms with Crippen molar-refractivity contribution >= 4 is 13.7 Å². The van der Waals surface area contributed by atoms with Crippen molar-refractivity contribution in [2.45, 2.75) is 238 Å². The van der Waals surface area contributed by atoms with Crippen molar-refractivity contribution in [1.82, 2.24) is 5.32 Å². The van der Waals surface area contributed by atoms with Crippen LogP contribution in [0.25, 0.3) is 0 Å². The van der Waals surface area contributed by atoms with Crippen LogP contribution in [0, 0.1) is 0 Å². The van der Waals surface area contributed by atoms with Gasteiger partial charge in [0.15, 0.2) is 0 Å². The van der Waals surface area contributed by atoms with Crippen LogP contribution in [-0.4, -0.2) is 73.4 Å². The zero-order valence-corrected chi connectivity index (χ0v) is 39.2. The smallest absolute Gasteiger partial charge is 0.387 e. The zero-order valence-electron chi connectivity index (χ0n) is 38.3. The molecule has 0 aliphatic carbocycles. The Bertz CT molecular complexity index is 984. The molecule has 3 N–H and O–H groups in total. The van der Waals surface area contributed by atoms with E-state index in [1.54, 1.807) is 6.08 Å². The van der Waals surface area contributed by atoms with Gasteiger partial charge in [0.05, 0.1) is 39.9 Å². The lowest BCUT2D eigenvalue weighted by molar-refractivity contribution is -0.870. The summed E-state index contributed by atoms with van der Waals surface area (Å²) in [5.74, 6) is -0.184. The number of aliphatic hydroxyl groups is 1. The highest BCUT2D eigenvalue weighted by Crippen LogP contribution is 2.43. The van der Waals surface area contributed by atoms with E-state index in [2.05, 4.69) is 31.3 Å². The van der Waals surface area contributed by atoms with Crippen molar-refractivity contribution < 1.29 is 32.9 Å². The number of carbonyl (C=O) groups excluding carboxylic acids is 1. The summed E-state index contributed by atoms with van der Waals surface area (Å²) >= 11 is 0. The molecule has 3 unspecified atom stereocenters.